The van der Waals surface area contributed by atoms with Crippen LogP contribution in [0, 0.1) is 5.92 Å². The number of aryl methyl sites for hydroxylation is 1. The van der Waals surface area contributed by atoms with Crippen molar-refractivity contribution in [3.8, 4) is 0 Å². The Labute approximate surface area is 144 Å². The van der Waals surface area contributed by atoms with Crippen molar-refractivity contribution < 1.29 is 9.31 Å². The molecule has 1 aromatic rings. The largest absolute Gasteiger partial charge is 0.496 e. The van der Waals surface area contributed by atoms with Crippen LogP contribution < -0.4 is 5.46 Å². The van der Waals surface area contributed by atoms with Gasteiger partial charge in [0.05, 0.1) is 0 Å². The molecule has 2 rings (SSSR count). The highest BCUT2D eigenvalue weighted by Gasteiger charge is 2.32. The highest BCUT2D eigenvalue weighted by atomic mass is 35.5. The minimum atomic E-state index is -0.432. The number of hydrogen-bond donors (Lipinski definition) is 0. The van der Waals surface area contributed by atoms with E-state index in [4.69, 9.17) is 32.5 Å². The van der Waals surface area contributed by atoms with Gasteiger partial charge in [0.1, 0.15) is 0 Å². The van der Waals surface area contributed by atoms with E-state index in [0.717, 1.165) is 43.5 Å². The molecule has 122 valence electrons. The third kappa shape index (κ3) is 4.89. The predicted molar refractivity (Wildman–Crippen MR) is 95.4 cm³/mol. The maximum absolute atomic E-state index is 6.40. The Hall–Kier alpha value is -0.215. The predicted octanol–water partition coefficient (Wildman–Crippen LogP) is 4.88. The number of rotatable bonds is 7. The van der Waals surface area contributed by atoms with Crippen LogP contribution in [-0.4, -0.2) is 20.3 Å². The lowest BCUT2D eigenvalue weighted by atomic mass is 9.76. The van der Waals surface area contributed by atoms with E-state index >= 15 is 0 Å². The van der Waals surface area contributed by atoms with Crippen LogP contribution in [0.25, 0.3) is 0 Å². The molecule has 0 aromatic heterocycles. The Morgan fingerprint density at radius 1 is 1.05 bits per heavy atom. The molecule has 0 amide bonds. The Bertz CT molecular complexity index is 451. The van der Waals surface area contributed by atoms with Crippen molar-refractivity contribution in [3.05, 3.63) is 27.7 Å². The molecule has 0 N–H and O–H groups in total. The first kappa shape index (κ1) is 18.1. The highest BCUT2D eigenvalue weighted by Crippen LogP contribution is 2.23. The van der Waals surface area contributed by atoms with Crippen LogP contribution in [0.1, 0.15) is 51.5 Å². The van der Waals surface area contributed by atoms with Crippen molar-refractivity contribution in [1.82, 2.24) is 0 Å². The minimum Gasteiger partial charge on any atom is -0.407 e. The monoisotopic (exact) mass is 342 g/mol. The average Bonchev–Trinajstić information content (AvgIpc) is 2.49. The van der Waals surface area contributed by atoms with Crippen LogP contribution in [-0.2, 0) is 15.7 Å². The Morgan fingerprint density at radius 2 is 1.68 bits per heavy atom. The van der Waals surface area contributed by atoms with Crippen molar-refractivity contribution in [1.29, 1.82) is 0 Å². The SMILES string of the molecule is CCCCCC1COB(c2c(Cl)cc(CCC)cc2Cl)OC1. The number of halogens is 2. The van der Waals surface area contributed by atoms with Gasteiger partial charge in [0.25, 0.3) is 0 Å². The molecule has 0 atom stereocenters. The second-order valence-corrected chi connectivity index (χ2v) is 6.90. The van der Waals surface area contributed by atoms with Gasteiger partial charge in [-0.15, -0.1) is 0 Å². The minimum absolute atomic E-state index is 0.432. The number of hydrogen-bond acceptors (Lipinski definition) is 2. The lowest BCUT2D eigenvalue weighted by Gasteiger charge is -2.28. The van der Waals surface area contributed by atoms with Gasteiger partial charge >= 0.3 is 7.12 Å². The van der Waals surface area contributed by atoms with Crippen molar-refractivity contribution in [2.75, 3.05) is 13.2 Å². The fourth-order valence-electron chi connectivity index (χ4n) is 2.85. The number of unbranched alkanes of at least 4 members (excludes halogenated alkanes) is 2. The molecule has 0 aliphatic carbocycles. The van der Waals surface area contributed by atoms with E-state index in [9.17, 15) is 0 Å². The van der Waals surface area contributed by atoms with Gasteiger partial charge in [-0.05, 0) is 30.5 Å². The zero-order valence-electron chi connectivity index (χ0n) is 13.5. The van der Waals surface area contributed by atoms with Gasteiger partial charge in [0.15, 0.2) is 0 Å². The van der Waals surface area contributed by atoms with Crippen LogP contribution in [0.15, 0.2) is 12.1 Å². The van der Waals surface area contributed by atoms with Gasteiger partial charge in [-0.2, -0.15) is 0 Å². The van der Waals surface area contributed by atoms with Crippen molar-refractivity contribution >= 4 is 35.8 Å². The number of benzene rings is 1. The summed E-state index contributed by atoms with van der Waals surface area (Å²) in [6.45, 7) is 5.80. The lowest BCUT2D eigenvalue weighted by molar-refractivity contribution is 0.0811. The molecule has 0 unspecified atom stereocenters. The summed E-state index contributed by atoms with van der Waals surface area (Å²) in [5.74, 6) is 0.486. The fourth-order valence-corrected chi connectivity index (χ4v) is 3.56. The molecular formula is C17H25BCl2O2. The van der Waals surface area contributed by atoms with Crippen LogP contribution >= 0.6 is 23.2 Å². The van der Waals surface area contributed by atoms with E-state index in [2.05, 4.69) is 13.8 Å². The molecule has 1 saturated heterocycles. The molecule has 1 fully saturated rings. The zero-order valence-corrected chi connectivity index (χ0v) is 15.1. The van der Waals surface area contributed by atoms with Crippen molar-refractivity contribution in [2.24, 2.45) is 5.92 Å². The topological polar surface area (TPSA) is 18.5 Å². The van der Waals surface area contributed by atoms with Gasteiger partial charge in [-0.1, -0.05) is 62.7 Å². The highest BCUT2D eigenvalue weighted by molar-refractivity contribution is 6.68. The molecule has 1 heterocycles. The molecule has 0 bridgehead atoms. The van der Waals surface area contributed by atoms with Gasteiger partial charge in [-0.25, -0.2) is 0 Å². The molecule has 0 saturated carbocycles. The first-order valence-corrected chi connectivity index (χ1v) is 9.12. The Morgan fingerprint density at radius 3 is 2.23 bits per heavy atom. The summed E-state index contributed by atoms with van der Waals surface area (Å²) >= 11 is 12.8. The summed E-state index contributed by atoms with van der Waals surface area (Å²) in [6, 6.07) is 3.96. The standard InChI is InChI=1S/C17H25BCl2O2/c1-3-5-6-8-14-11-21-18(22-12-14)17-15(19)9-13(7-4-2)10-16(17)20/h9-10,14H,3-8,11-12H2,1-2H3. The molecule has 1 aromatic carbocycles. The molecule has 0 spiro atoms. The van der Waals surface area contributed by atoms with Crippen LogP contribution in [0.4, 0.5) is 0 Å². The summed E-state index contributed by atoms with van der Waals surface area (Å²) in [7, 11) is -0.432. The average molecular weight is 343 g/mol. The van der Waals surface area contributed by atoms with E-state index in [-0.39, 0.29) is 0 Å². The maximum Gasteiger partial charge on any atom is 0.496 e. The van der Waals surface area contributed by atoms with Gasteiger partial charge < -0.3 is 9.31 Å². The van der Waals surface area contributed by atoms with Gasteiger partial charge in [0.2, 0.25) is 0 Å². The maximum atomic E-state index is 6.40. The van der Waals surface area contributed by atoms with E-state index in [1.165, 1.54) is 19.3 Å². The fraction of sp³-hybridized carbons (Fsp3) is 0.647. The molecule has 1 aliphatic rings. The summed E-state index contributed by atoms with van der Waals surface area (Å²) in [5, 5.41) is 1.29. The van der Waals surface area contributed by atoms with Crippen molar-refractivity contribution in [2.45, 2.75) is 52.4 Å². The molecule has 5 heteroatoms. The van der Waals surface area contributed by atoms with E-state index in [1.807, 2.05) is 12.1 Å². The summed E-state index contributed by atoms with van der Waals surface area (Å²) in [4.78, 5) is 0. The second-order valence-electron chi connectivity index (χ2n) is 6.08. The summed E-state index contributed by atoms with van der Waals surface area (Å²) in [5.41, 5.74) is 1.93. The smallest absolute Gasteiger partial charge is 0.407 e. The van der Waals surface area contributed by atoms with E-state index in [0.29, 0.717) is 16.0 Å². The second kappa shape index (κ2) is 9.17. The summed E-state index contributed by atoms with van der Waals surface area (Å²) in [6.07, 6.45) is 6.97. The van der Waals surface area contributed by atoms with Gasteiger partial charge in [0, 0.05) is 34.6 Å². The van der Waals surface area contributed by atoms with Crippen LogP contribution in [0.3, 0.4) is 0 Å². The molecule has 0 radical (unpaired) electrons. The van der Waals surface area contributed by atoms with Gasteiger partial charge in [-0.3, -0.25) is 0 Å². The molecule has 1 aliphatic heterocycles. The quantitative estimate of drug-likeness (QED) is 0.519. The molecular weight excluding hydrogens is 318 g/mol. The Kier molecular flexibility index (Phi) is 7.56. The van der Waals surface area contributed by atoms with Crippen LogP contribution in [0.2, 0.25) is 10.0 Å². The first-order valence-electron chi connectivity index (χ1n) is 8.36. The zero-order chi connectivity index (χ0) is 15.9. The lowest BCUT2D eigenvalue weighted by Crippen LogP contribution is -2.45. The van der Waals surface area contributed by atoms with Crippen molar-refractivity contribution in [3.63, 3.8) is 0 Å². The van der Waals surface area contributed by atoms with E-state index in [1.54, 1.807) is 0 Å². The first-order chi connectivity index (χ1) is 10.7. The summed E-state index contributed by atoms with van der Waals surface area (Å²) < 4.78 is 11.8. The molecule has 2 nitrogen and oxygen atoms in total. The third-order valence-corrected chi connectivity index (χ3v) is 4.72. The molecule has 22 heavy (non-hydrogen) atoms. The van der Waals surface area contributed by atoms with Crippen LogP contribution in [0.5, 0.6) is 0 Å². The normalized spacial score (nSPS) is 16.3. The third-order valence-electron chi connectivity index (χ3n) is 4.10. The Balaban J connectivity index is 1.96. The van der Waals surface area contributed by atoms with E-state index < -0.39 is 7.12 Å².